The van der Waals surface area contributed by atoms with Crippen LogP contribution in [0.25, 0.3) is 10.2 Å². The molecule has 3 heterocycles. The first-order valence-corrected chi connectivity index (χ1v) is 10.1. The molecule has 10 heteroatoms. The molecule has 0 saturated carbocycles. The molecule has 1 aliphatic rings. The number of methoxy groups -OCH3 is 1. The second-order valence-electron chi connectivity index (χ2n) is 6.86. The van der Waals surface area contributed by atoms with Crippen molar-refractivity contribution in [3.8, 4) is 5.75 Å². The zero-order chi connectivity index (χ0) is 20.5. The fourth-order valence-corrected chi connectivity index (χ4v) is 4.52. The number of thiazole rings is 1. The minimum Gasteiger partial charge on any atom is -0.494 e. The van der Waals surface area contributed by atoms with Gasteiger partial charge in [0.15, 0.2) is 5.13 Å². The lowest BCUT2D eigenvalue weighted by molar-refractivity contribution is 0.119. The average molecular weight is 421 g/mol. The van der Waals surface area contributed by atoms with Crippen LogP contribution in [-0.4, -0.2) is 54.5 Å². The third-order valence-electron chi connectivity index (χ3n) is 4.99. The number of piperazine rings is 1. The summed E-state index contributed by atoms with van der Waals surface area (Å²) in [6.07, 6.45) is -1.13. The average Bonchev–Trinajstić information content (AvgIpc) is 3.16. The molecule has 7 nitrogen and oxygen atoms in total. The van der Waals surface area contributed by atoms with Crippen LogP contribution in [0, 0.1) is 6.92 Å². The molecule has 0 unspecified atom stereocenters. The highest BCUT2D eigenvalue weighted by atomic mass is 32.1. The first kappa shape index (κ1) is 19.6. The Morgan fingerprint density at radius 2 is 1.93 bits per heavy atom. The number of fused-ring (bicyclic) bond motifs is 1. The van der Waals surface area contributed by atoms with Crippen LogP contribution in [0.2, 0.25) is 0 Å². The van der Waals surface area contributed by atoms with Crippen LogP contribution >= 0.6 is 11.3 Å². The number of nitrogens with zero attached hydrogens (tertiary/aromatic N) is 5. The second-order valence-corrected chi connectivity index (χ2v) is 7.84. The molecule has 29 heavy (non-hydrogen) atoms. The van der Waals surface area contributed by atoms with E-state index in [2.05, 4.69) is 16.9 Å². The third-order valence-corrected chi connectivity index (χ3v) is 6.24. The quantitative estimate of drug-likeness (QED) is 0.631. The van der Waals surface area contributed by atoms with Gasteiger partial charge >= 0.3 is 0 Å². The molecule has 0 aliphatic carbocycles. The van der Waals surface area contributed by atoms with Gasteiger partial charge in [0.1, 0.15) is 17.8 Å². The monoisotopic (exact) mass is 421 g/mol. The number of halogens is 2. The van der Waals surface area contributed by atoms with Crippen molar-refractivity contribution >= 4 is 32.4 Å². The van der Waals surface area contributed by atoms with Gasteiger partial charge in [-0.15, -0.1) is 0 Å². The molecule has 1 fully saturated rings. The largest absolute Gasteiger partial charge is 0.494 e. The Morgan fingerprint density at radius 1 is 1.21 bits per heavy atom. The third kappa shape index (κ3) is 3.89. The molecule has 4 rings (SSSR count). The number of aromatic nitrogens is 3. The Hall–Kier alpha value is -2.75. The number of benzene rings is 1. The summed E-state index contributed by atoms with van der Waals surface area (Å²) < 4.78 is 32.3. The van der Waals surface area contributed by atoms with E-state index in [-0.39, 0.29) is 0 Å². The van der Waals surface area contributed by atoms with Gasteiger partial charge in [-0.2, -0.15) is 5.10 Å². The highest BCUT2D eigenvalue weighted by Gasteiger charge is 2.22. The Balaban J connectivity index is 1.49. The molecule has 154 valence electrons. The molecule has 0 N–H and O–H groups in total. The number of alkyl halides is 2. The van der Waals surface area contributed by atoms with E-state index in [1.54, 1.807) is 18.4 Å². The van der Waals surface area contributed by atoms with E-state index in [9.17, 15) is 13.6 Å². The lowest BCUT2D eigenvalue weighted by Crippen LogP contribution is -2.47. The Morgan fingerprint density at radius 3 is 2.59 bits per heavy atom. The summed E-state index contributed by atoms with van der Waals surface area (Å²) >= 11 is 1.65. The molecule has 0 amide bonds. The summed E-state index contributed by atoms with van der Waals surface area (Å²) in [5.74, 6) is 0.766. The minimum absolute atomic E-state index is 0.515. The summed E-state index contributed by atoms with van der Waals surface area (Å²) in [4.78, 5) is 21.0. The zero-order valence-electron chi connectivity index (χ0n) is 16.1. The van der Waals surface area contributed by atoms with Gasteiger partial charge in [0.25, 0.3) is 12.0 Å². The summed E-state index contributed by atoms with van der Waals surface area (Å²) in [5.41, 5.74) is 2.18. The minimum atomic E-state index is -2.61. The number of ether oxygens (including phenoxy) is 1. The van der Waals surface area contributed by atoms with E-state index in [1.807, 2.05) is 17.0 Å². The summed E-state index contributed by atoms with van der Waals surface area (Å²) in [6, 6.07) is 5.34. The van der Waals surface area contributed by atoms with Crippen molar-refractivity contribution < 1.29 is 13.5 Å². The normalized spacial score (nSPS) is 14.8. The van der Waals surface area contributed by atoms with Crippen molar-refractivity contribution in [2.24, 2.45) is 0 Å². The van der Waals surface area contributed by atoms with Gasteiger partial charge < -0.3 is 14.5 Å². The number of rotatable bonds is 5. The van der Waals surface area contributed by atoms with Crippen LogP contribution in [-0.2, 0) is 6.54 Å². The SMILES string of the molecule is COc1ccc(C)c2sc(N3CCN(c4cnn(CC(F)F)c(=O)c4)CC3)nc12. The predicted octanol–water partition coefficient (Wildman–Crippen LogP) is 2.76. The Bertz CT molecular complexity index is 1080. The molecular formula is C19H21F2N5O2S. The molecule has 1 aliphatic heterocycles. The first-order chi connectivity index (χ1) is 14.0. The van der Waals surface area contributed by atoms with Crippen molar-refractivity contribution in [3.63, 3.8) is 0 Å². The van der Waals surface area contributed by atoms with E-state index in [0.29, 0.717) is 18.8 Å². The van der Waals surface area contributed by atoms with Crippen LogP contribution in [0.4, 0.5) is 19.6 Å². The number of aryl methyl sites for hydroxylation is 1. The van der Waals surface area contributed by atoms with Crippen molar-refractivity contribution in [2.45, 2.75) is 19.9 Å². The van der Waals surface area contributed by atoms with Gasteiger partial charge in [-0.1, -0.05) is 17.4 Å². The van der Waals surface area contributed by atoms with Gasteiger partial charge in [-0.25, -0.2) is 18.4 Å². The fourth-order valence-electron chi connectivity index (χ4n) is 3.42. The Kier molecular flexibility index (Phi) is 5.35. The highest BCUT2D eigenvalue weighted by molar-refractivity contribution is 7.22. The van der Waals surface area contributed by atoms with Crippen molar-refractivity contribution in [3.05, 3.63) is 40.3 Å². The standard InChI is InChI=1S/C19H21F2N5O2S/c1-12-3-4-14(28-2)17-18(12)29-19(23-17)25-7-5-24(6-8-25)13-9-16(27)26(22-10-13)11-15(20)21/h3-4,9-10,15H,5-8,11H2,1-2H3. The lowest BCUT2D eigenvalue weighted by Gasteiger charge is -2.35. The molecule has 0 spiro atoms. The van der Waals surface area contributed by atoms with Gasteiger partial charge in [-0.3, -0.25) is 4.79 Å². The lowest BCUT2D eigenvalue weighted by atomic mass is 10.2. The molecule has 1 saturated heterocycles. The number of hydrogen-bond donors (Lipinski definition) is 0. The predicted molar refractivity (Wildman–Crippen MR) is 110 cm³/mol. The van der Waals surface area contributed by atoms with Gasteiger partial charge in [0.2, 0.25) is 0 Å². The summed E-state index contributed by atoms with van der Waals surface area (Å²) in [5, 5.41) is 4.82. The molecule has 3 aromatic rings. The maximum atomic E-state index is 12.5. The van der Waals surface area contributed by atoms with E-state index in [1.165, 1.54) is 17.8 Å². The fraction of sp³-hybridized carbons (Fsp3) is 0.421. The summed E-state index contributed by atoms with van der Waals surface area (Å²) in [7, 11) is 1.64. The summed E-state index contributed by atoms with van der Waals surface area (Å²) in [6.45, 7) is 4.22. The smallest absolute Gasteiger partial charge is 0.269 e. The maximum Gasteiger partial charge on any atom is 0.269 e. The molecule has 2 aromatic heterocycles. The van der Waals surface area contributed by atoms with Crippen LogP contribution < -0.4 is 20.1 Å². The van der Waals surface area contributed by atoms with Crippen LogP contribution in [0.1, 0.15) is 5.56 Å². The van der Waals surface area contributed by atoms with Crippen molar-refractivity contribution in [2.75, 3.05) is 43.1 Å². The number of hydrogen-bond acceptors (Lipinski definition) is 7. The first-order valence-electron chi connectivity index (χ1n) is 9.25. The molecule has 0 bridgehead atoms. The van der Waals surface area contributed by atoms with Crippen LogP contribution in [0.15, 0.2) is 29.2 Å². The van der Waals surface area contributed by atoms with E-state index in [0.717, 1.165) is 38.9 Å². The topological polar surface area (TPSA) is 63.5 Å². The maximum absolute atomic E-state index is 12.5. The molecule has 0 radical (unpaired) electrons. The second kappa shape index (κ2) is 7.94. The van der Waals surface area contributed by atoms with Crippen molar-refractivity contribution in [1.82, 2.24) is 14.8 Å². The molecule has 1 aromatic carbocycles. The van der Waals surface area contributed by atoms with Gasteiger partial charge in [0, 0.05) is 32.2 Å². The molecule has 0 atom stereocenters. The van der Waals surface area contributed by atoms with E-state index >= 15 is 0 Å². The van der Waals surface area contributed by atoms with Crippen LogP contribution in [0.3, 0.4) is 0 Å². The highest BCUT2D eigenvalue weighted by Crippen LogP contribution is 2.36. The van der Waals surface area contributed by atoms with Gasteiger partial charge in [-0.05, 0) is 18.6 Å². The van der Waals surface area contributed by atoms with Crippen LogP contribution in [0.5, 0.6) is 5.75 Å². The zero-order valence-corrected chi connectivity index (χ0v) is 17.0. The Labute approximate surface area is 170 Å². The van der Waals surface area contributed by atoms with Crippen molar-refractivity contribution in [1.29, 1.82) is 0 Å². The van der Waals surface area contributed by atoms with E-state index < -0.39 is 18.5 Å². The number of anilines is 2. The van der Waals surface area contributed by atoms with Gasteiger partial charge in [0.05, 0.1) is 23.7 Å². The van der Waals surface area contributed by atoms with E-state index in [4.69, 9.17) is 9.72 Å². The molecular weight excluding hydrogens is 400 g/mol.